The Morgan fingerprint density at radius 3 is 2.50 bits per heavy atom. The number of nitrogens with one attached hydrogen (secondary N) is 1. The van der Waals surface area contributed by atoms with Gasteiger partial charge in [0.05, 0.1) is 0 Å². The van der Waals surface area contributed by atoms with Gasteiger partial charge >= 0.3 is 73.5 Å². The van der Waals surface area contributed by atoms with Gasteiger partial charge in [-0.25, -0.2) is 0 Å². The van der Waals surface area contributed by atoms with Crippen molar-refractivity contribution in [3.63, 3.8) is 0 Å². The standard InChI is InChI=1S/C7H17INO/c1-4-7(6(2)10)9-5-8-3/h6-7,9-10H,4-5H2,1-3H3/q-1. The zero-order chi connectivity index (χ0) is 7.98. The van der Waals surface area contributed by atoms with Crippen LogP contribution in [-0.4, -0.2) is 26.7 Å². The third kappa shape index (κ3) is 4.46. The molecular weight excluding hydrogens is 241 g/mol. The van der Waals surface area contributed by atoms with E-state index in [9.17, 15) is 5.11 Å². The first-order valence-corrected chi connectivity index (χ1v) is 7.25. The molecule has 0 aliphatic heterocycles. The molecule has 0 aromatic rings. The molecule has 3 heteroatoms. The van der Waals surface area contributed by atoms with Gasteiger partial charge < -0.3 is 0 Å². The third-order valence-electron chi connectivity index (χ3n) is 1.50. The van der Waals surface area contributed by atoms with Crippen LogP contribution in [0.15, 0.2) is 0 Å². The first-order valence-electron chi connectivity index (χ1n) is 3.57. The zero-order valence-corrected chi connectivity index (χ0v) is 9.05. The van der Waals surface area contributed by atoms with Crippen LogP contribution in [0.4, 0.5) is 0 Å². The van der Waals surface area contributed by atoms with Crippen LogP contribution < -0.4 is 26.5 Å². The number of aliphatic hydroxyl groups excluding tert-OH is 1. The van der Waals surface area contributed by atoms with Crippen molar-refractivity contribution in [3.05, 3.63) is 0 Å². The molecule has 0 rings (SSSR count). The van der Waals surface area contributed by atoms with Crippen molar-refractivity contribution in [2.24, 2.45) is 0 Å². The maximum atomic E-state index is 9.19. The van der Waals surface area contributed by atoms with E-state index in [1.807, 2.05) is 6.92 Å². The van der Waals surface area contributed by atoms with Crippen molar-refractivity contribution >= 4 is 0 Å². The maximum absolute atomic E-state index is 9.19. The van der Waals surface area contributed by atoms with Gasteiger partial charge in [-0.2, -0.15) is 0 Å². The Kier molecular flexibility index (Phi) is 6.78. The van der Waals surface area contributed by atoms with E-state index < -0.39 is 0 Å². The molecule has 2 atom stereocenters. The second kappa shape index (κ2) is 6.37. The summed E-state index contributed by atoms with van der Waals surface area (Å²) in [5.74, 6) is 0. The summed E-state index contributed by atoms with van der Waals surface area (Å²) in [7, 11) is 0. The first-order chi connectivity index (χ1) is 4.72. The predicted octanol–water partition coefficient (Wildman–Crippen LogP) is -2.59. The van der Waals surface area contributed by atoms with Crippen molar-refractivity contribution in [3.8, 4) is 0 Å². The normalized spacial score (nSPS) is 17.2. The van der Waals surface area contributed by atoms with Gasteiger partial charge in [0.15, 0.2) is 0 Å². The van der Waals surface area contributed by atoms with E-state index in [1.165, 1.54) is 0 Å². The molecular formula is C7H17INO-. The fraction of sp³-hybridized carbons (Fsp3) is 1.00. The second-order valence-corrected chi connectivity index (χ2v) is 4.65. The Morgan fingerprint density at radius 2 is 2.20 bits per heavy atom. The molecule has 0 aliphatic rings. The van der Waals surface area contributed by atoms with E-state index in [0.717, 1.165) is 11.0 Å². The van der Waals surface area contributed by atoms with E-state index in [-0.39, 0.29) is 6.10 Å². The third-order valence-corrected chi connectivity index (χ3v) is 2.70. The quantitative estimate of drug-likeness (QED) is 0.322. The van der Waals surface area contributed by atoms with Crippen LogP contribution >= 0.6 is 0 Å². The number of halogens is 1. The van der Waals surface area contributed by atoms with Crippen LogP contribution in [0.1, 0.15) is 20.3 Å². The van der Waals surface area contributed by atoms with E-state index in [0.29, 0.717) is 27.2 Å². The van der Waals surface area contributed by atoms with Crippen LogP contribution in [-0.2, 0) is 0 Å². The van der Waals surface area contributed by atoms with E-state index in [2.05, 4.69) is 17.2 Å². The minimum atomic E-state index is -0.208. The predicted molar refractivity (Wildman–Crippen MR) is 39.7 cm³/mol. The molecule has 0 spiro atoms. The van der Waals surface area contributed by atoms with Crippen LogP contribution in [0.3, 0.4) is 0 Å². The van der Waals surface area contributed by atoms with Crippen molar-refractivity contribution in [2.75, 3.05) is 9.48 Å². The minimum absolute atomic E-state index is 0.208. The summed E-state index contributed by atoms with van der Waals surface area (Å²) in [6.45, 7) is 3.94. The molecule has 0 fully saturated rings. The van der Waals surface area contributed by atoms with Gasteiger partial charge in [0, 0.05) is 0 Å². The van der Waals surface area contributed by atoms with Crippen molar-refractivity contribution in [1.29, 1.82) is 0 Å². The van der Waals surface area contributed by atoms with Crippen molar-refractivity contribution < 1.29 is 26.3 Å². The topological polar surface area (TPSA) is 32.3 Å². The molecule has 10 heavy (non-hydrogen) atoms. The molecule has 64 valence electrons. The van der Waals surface area contributed by atoms with Gasteiger partial charge in [0.2, 0.25) is 0 Å². The van der Waals surface area contributed by atoms with Gasteiger partial charge in [-0.15, -0.1) is 0 Å². The van der Waals surface area contributed by atoms with Crippen molar-refractivity contribution in [2.45, 2.75) is 32.4 Å². The van der Waals surface area contributed by atoms with Gasteiger partial charge in [-0.05, 0) is 0 Å². The average molecular weight is 258 g/mol. The summed E-state index contributed by atoms with van der Waals surface area (Å²) in [4.78, 5) is 2.24. The molecule has 0 aromatic heterocycles. The molecule has 0 radical (unpaired) electrons. The van der Waals surface area contributed by atoms with E-state index >= 15 is 0 Å². The number of hydrogen-bond acceptors (Lipinski definition) is 2. The van der Waals surface area contributed by atoms with Crippen LogP contribution in [0.2, 0.25) is 0 Å². The summed E-state index contributed by atoms with van der Waals surface area (Å²) in [6, 6.07) is 0.305. The fourth-order valence-corrected chi connectivity index (χ4v) is 1.84. The molecule has 2 unspecified atom stereocenters. The van der Waals surface area contributed by atoms with E-state index in [1.54, 1.807) is 0 Å². The van der Waals surface area contributed by atoms with Crippen LogP contribution in [0.25, 0.3) is 0 Å². The SMILES string of the molecule is CCC(NC[I-]C)C(C)O. The fourth-order valence-electron chi connectivity index (χ4n) is 0.832. The Hall–Kier alpha value is 0.650. The van der Waals surface area contributed by atoms with Gasteiger partial charge in [0.25, 0.3) is 0 Å². The molecule has 2 nitrogen and oxygen atoms in total. The number of aliphatic hydroxyl groups is 1. The molecule has 0 aromatic carbocycles. The van der Waals surface area contributed by atoms with Crippen LogP contribution in [0.5, 0.6) is 0 Å². The molecule has 0 aliphatic carbocycles. The van der Waals surface area contributed by atoms with Gasteiger partial charge in [-0.3, -0.25) is 0 Å². The second-order valence-electron chi connectivity index (χ2n) is 2.36. The molecule has 0 saturated carbocycles. The summed E-state index contributed by atoms with van der Waals surface area (Å²) in [5, 5.41) is 12.5. The molecule has 2 N–H and O–H groups in total. The van der Waals surface area contributed by atoms with Crippen LogP contribution in [0, 0.1) is 0 Å². The summed E-state index contributed by atoms with van der Waals surface area (Å²) < 4.78 is 1.11. The Balaban J connectivity index is 3.40. The Labute approximate surface area is 73.7 Å². The Morgan fingerprint density at radius 1 is 1.60 bits per heavy atom. The summed E-state index contributed by atoms with van der Waals surface area (Å²) in [5.41, 5.74) is 0. The molecule has 0 saturated heterocycles. The molecule has 0 heterocycles. The van der Waals surface area contributed by atoms with Gasteiger partial charge in [0.1, 0.15) is 0 Å². The number of rotatable bonds is 5. The van der Waals surface area contributed by atoms with Gasteiger partial charge in [-0.1, -0.05) is 0 Å². The Bertz CT molecular complexity index is 78.0. The number of hydrogen-bond donors (Lipinski definition) is 2. The first kappa shape index (κ1) is 10.7. The summed E-state index contributed by atoms with van der Waals surface area (Å²) in [6.07, 6.45) is 0.807. The average Bonchev–Trinajstić information content (AvgIpc) is 1.89. The zero-order valence-electron chi connectivity index (χ0n) is 6.89. The molecule has 0 bridgehead atoms. The summed E-state index contributed by atoms with van der Waals surface area (Å²) >= 11 is 0.320. The molecule has 0 amide bonds. The number of alkyl halides is 2. The monoisotopic (exact) mass is 258 g/mol. The van der Waals surface area contributed by atoms with Crippen molar-refractivity contribution in [1.82, 2.24) is 5.32 Å². The van der Waals surface area contributed by atoms with E-state index in [4.69, 9.17) is 0 Å².